The first kappa shape index (κ1) is 16.0. The van der Waals surface area contributed by atoms with Crippen molar-refractivity contribution in [3.8, 4) is 23.7 Å². The first-order chi connectivity index (χ1) is 10.7. The molecule has 22 heavy (non-hydrogen) atoms. The Labute approximate surface area is 133 Å². The van der Waals surface area contributed by atoms with Gasteiger partial charge in [-0.2, -0.15) is 0 Å². The summed E-state index contributed by atoms with van der Waals surface area (Å²) in [6, 6.07) is 5.96. The highest BCUT2D eigenvalue weighted by molar-refractivity contribution is 5.66. The molecule has 112 valence electrons. The molecule has 0 aliphatic rings. The number of hydrogen-bond donors (Lipinski definition) is 0. The summed E-state index contributed by atoms with van der Waals surface area (Å²) in [4.78, 5) is 9.05. The molecule has 0 aliphatic carbocycles. The highest BCUT2D eigenvalue weighted by Crippen LogP contribution is 2.22. The molecule has 2 rings (SSSR count). The Bertz CT molecular complexity index is 703. The van der Waals surface area contributed by atoms with Gasteiger partial charge in [0.15, 0.2) is 5.82 Å². The van der Waals surface area contributed by atoms with Crippen LogP contribution in [0.5, 0.6) is 0 Å². The lowest BCUT2D eigenvalue weighted by Crippen LogP contribution is -1.94. The van der Waals surface area contributed by atoms with E-state index in [4.69, 9.17) is 6.42 Å². The van der Waals surface area contributed by atoms with Crippen molar-refractivity contribution in [1.29, 1.82) is 0 Å². The van der Waals surface area contributed by atoms with Crippen LogP contribution >= 0.6 is 0 Å². The number of aryl methyl sites for hydroxylation is 1. The minimum absolute atomic E-state index is 0.739. The Morgan fingerprint density at radius 1 is 1.23 bits per heavy atom. The van der Waals surface area contributed by atoms with Crippen molar-refractivity contribution in [2.75, 3.05) is 0 Å². The highest BCUT2D eigenvalue weighted by atomic mass is 14.9. The van der Waals surface area contributed by atoms with Crippen LogP contribution in [0.15, 0.2) is 36.7 Å². The van der Waals surface area contributed by atoms with Gasteiger partial charge in [0.05, 0.1) is 0 Å². The third-order valence-corrected chi connectivity index (χ3v) is 3.63. The Kier molecular flexibility index (Phi) is 5.49. The summed E-state index contributed by atoms with van der Waals surface area (Å²) in [5.41, 5.74) is 5.43. The molecule has 0 radical (unpaired) electrons. The zero-order chi connectivity index (χ0) is 15.9. The van der Waals surface area contributed by atoms with Gasteiger partial charge >= 0.3 is 0 Å². The summed E-state index contributed by atoms with van der Waals surface area (Å²) in [5, 5.41) is 0. The molecule has 0 bridgehead atoms. The van der Waals surface area contributed by atoms with Crippen LogP contribution in [-0.4, -0.2) is 9.97 Å². The van der Waals surface area contributed by atoms with Crippen molar-refractivity contribution in [2.45, 2.75) is 40.0 Å². The third kappa shape index (κ3) is 3.62. The Morgan fingerprint density at radius 3 is 2.50 bits per heavy atom. The van der Waals surface area contributed by atoms with Gasteiger partial charge in [0.25, 0.3) is 0 Å². The zero-order valence-corrected chi connectivity index (χ0v) is 13.6. The predicted octanol–water partition coefficient (Wildman–Crippen LogP) is 5.03. The van der Waals surface area contributed by atoms with E-state index in [1.807, 2.05) is 37.5 Å². The van der Waals surface area contributed by atoms with Crippen LogP contribution in [0.3, 0.4) is 0 Å². The fourth-order valence-corrected chi connectivity index (χ4v) is 2.49. The van der Waals surface area contributed by atoms with Crippen molar-refractivity contribution in [3.63, 3.8) is 0 Å². The van der Waals surface area contributed by atoms with E-state index >= 15 is 0 Å². The van der Waals surface area contributed by atoms with Crippen LogP contribution in [0, 0.1) is 19.3 Å². The standard InChI is InChI=1S/C20H22N2/c1-5-8-17(9-6-2)19-13-21-20(22-14-19)18-11-10-16(7-3)15(4)12-18/h3,8,10-14H,5-6,9H2,1-2,4H3/b17-8+. The molecule has 0 spiro atoms. The number of nitrogens with zero attached hydrogens (tertiary/aromatic N) is 2. The molecule has 0 fully saturated rings. The molecular weight excluding hydrogens is 268 g/mol. The van der Waals surface area contributed by atoms with Gasteiger partial charge in [-0.1, -0.05) is 32.3 Å². The van der Waals surface area contributed by atoms with Crippen molar-refractivity contribution in [1.82, 2.24) is 9.97 Å². The van der Waals surface area contributed by atoms with Gasteiger partial charge in [-0.05, 0) is 49.1 Å². The number of rotatable bonds is 5. The Morgan fingerprint density at radius 2 is 1.95 bits per heavy atom. The average Bonchev–Trinajstić information content (AvgIpc) is 2.55. The quantitative estimate of drug-likeness (QED) is 0.722. The lowest BCUT2D eigenvalue weighted by atomic mass is 10.0. The van der Waals surface area contributed by atoms with Crippen molar-refractivity contribution in [2.24, 2.45) is 0 Å². The van der Waals surface area contributed by atoms with Crippen LogP contribution in [-0.2, 0) is 0 Å². The fraction of sp³-hybridized carbons (Fsp3) is 0.300. The monoisotopic (exact) mass is 290 g/mol. The molecule has 0 N–H and O–H groups in total. The maximum Gasteiger partial charge on any atom is 0.159 e. The topological polar surface area (TPSA) is 25.8 Å². The molecule has 0 amide bonds. The summed E-state index contributed by atoms with van der Waals surface area (Å²) < 4.78 is 0. The van der Waals surface area contributed by atoms with E-state index in [9.17, 15) is 0 Å². The first-order valence-corrected chi connectivity index (χ1v) is 7.78. The first-order valence-electron chi connectivity index (χ1n) is 7.78. The van der Waals surface area contributed by atoms with Gasteiger partial charge in [0, 0.05) is 29.1 Å². The largest absolute Gasteiger partial charge is 0.236 e. The molecule has 1 heterocycles. The minimum atomic E-state index is 0.739. The second-order valence-electron chi connectivity index (χ2n) is 5.36. The van der Waals surface area contributed by atoms with Crippen LogP contribution in [0.2, 0.25) is 0 Å². The van der Waals surface area contributed by atoms with Gasteiger partial charge in [-0.25, -0.2) is 9.97 Å². The zero-order valence-electron chi connectivity index (χ0n) is 13.6. The maximum atomic E-state index is 5.46. The maximum absolute atomic E-state index is 5.46. The molecule has 1 aromatic carbocycles. The lowest BCUT2D eigenvalue weighted by molar-refractivity contribution is 0.963. The number of allylic oxidation sites excluding steroid dienone is 2. The Hall–Kier alpha value is -2.40. The van der Waals surface area contributed by atoms with Gasteiger partial charge in [-0.3, -0.25) is 0 Å². The molecule has 2 nitrogen and oxygen atoms in total. The lowest BCUT2D eigenvalue weighted by Gasteiger charge is -2.08. The average molecular weight is 290 g/mol. The van der Waals surface area contributed by atoms with Crippen LogP contribution in [0.25, 0.3) is 17.0 Å². The number of benzene rings is 1. The highest BCUT2D eigenvalue weighted by Gasteiger charge is 2.06. The normalized spacial score (nSPS) is 11.3. The van der Waals surface area contributed by atoms with Crippen LogP contribution < -0.4 is 0 Å². The van der Waals surface area contributed by atoms with E-state index in [1.165, 1.54) is 5.57 Å². The summed E-state index contributed by atoms with van der Waals surface area (Å²) in [6.07, 6.45) is 14.8. The van der Waals surface area contributed by atoms with Gasteiger partial charge in [0.1, 0.15) is 0 Å². The summed E-state index contributed by atoms with van der Waals surface area (Å²) in [5.74, 6) is 3.42. The second kappa shape index (κ2) is 7.56. The van der Waals surface area contributed by atoms with E-state index in [0.29, 0.717) is 0 Å². The van der Waals surface area contributed by atoms with Gasteiger partial charge in [0.2, 0.25) is 0 Å². The van der Waals surface area contributed by atoms with E-state index < -0.39 is 0 Å². The molecule has 0 aliphatic heterocycles. The van der Waals surface area contributed by atoms with Crippen LogP contribution in [0.1, 0.15) is 49.8 Å². The molecular formula is C20H22N2. The van der Waals surface area contributed by atoms with Crippen molar-refractivity contribution < 1.29 is 0 Å². The molecule has 0 saturated heterocycles. The second-order valence-corrected chi connectivity index (χ2v) is 5.36. The number of aromatic nitrogens is 2. The molecule has 0 saturated carbocycles. The van der Waals surface area contributed by atoms with E-state index in [0.717, 1.165) is 47.3 Å². The Balaban J connectivity index is 2.31. The van der Waals surface area contributed by atoms with Crippen molar-refractivity contribution in [3.05, 3.63) is 53.4 Å². The summed E-state index contributed by atoms with van der Waals surface area (Å²) >= 11 is 0. The summed E-state index contributed by atoms with van der Waals surface area (Å²) in [6.45, 7) is 6.35. The van der Waals surface area contributed by atoms with Gasteiger partial charge in [-0.15, -0.1) is 6.42 Å². The van der Waals surface area contributed by atoms with Gasteiger partial charge < -0.3 is 0 Å². The molecule has 1 aromatic heterocycles. The van der Waals surface area contributed by atoms with Crippen LogP contribution in [0.4, 0.5) is 0 Å². The van der Waals surface area contributed by atoms with Crippen molar-refractivity contribution >= 4 is 5.57 Å². The predicted molar refractivity (Wildman–Crippen MR) is 93.3 cm³/mol. The minimum Gasteiger partial charge on any atom is -0.236 e. The number of terminal acetylenes is 1. The molecule has 2 heteroatoms. The number of hydrogen-bond acceptors (Lipinski definition) is 2. The molecule has 2 aromatic rings. The fourth-order valence-electron chi connectivity index (χ4n) is 2.49. The third-order valence-electron chi connectivity index (χ3n) is 3.63. The summed E-state index contributed by atoms with van der Waals surface area (Å²) in [7, 11) is 0. The molecule has 0 atom stereocenters. The smallest absolute Gasteiger partial charge is 0.159 e. The SMILES string of the molecule is C#Cc1ccc(-c2ncc(/C(=C/CC)CCC)cn2)cc1C. The van der Waals surface area contributed by atoms with E-state index in [1.54, 1.807) is 0 Å². The van der Waals surface area contributed by atoms with E-state index in [-0.39, 0.29) is 0 Å². The molecule has 0 unspecified atom stereocenters. The van der Waals surface area contributed by atoms with E-state index in [2.05, 4.69) is 35.8 Å².